The molecule has 6 nitrogen and oxygen atoms in total. The van der Waals surface area contributed by atoms with Gasteiger partial charge in [-0.2, -0.15) is 0 Å². The number of carbonyl (C=O) groups is 1. The molecule has 1 amide bonds. The Balaban J connectivity index is 1.79. The molecule has 0 aliphatic rings. The Labute approximate surface area is 158 Å². The van der Waals surface area contributed by atoms with Crippen LogP contribution >= 0.6 is 0 Å². The Kier molecular flexibility index (Phi) is 5.26. The first-order valence-corrected chi connectivity index (χ1v) is 8.85. The molecule has 0 fully saturated rings. The summed E-state index contributed by atoms with van der Waals surface area (Å²) >= 11 is 0. The number of hydrogen-bond acceptors (Lipinski definition) is 4. The molecule has 140 valence electrons. The van der Waals surface area contributed by atoms with Gasteiger partial charge in [-0.25, -0.2) is 0 Å². The Hall–Kier alpha value is -3.15. The van der Waals surface area contributed by atoms with Gasteiger partial charge in [-0.3, -0.25) is 4.79 Å². The van der Waals surface area contributed by atoms with Crippen LogP contribution in [0.4, 0.5) is 5.69 Å². The Bertz CT molecular complexity index is 1020. The second-order valence-electron chi connectivity index (χ2n) is 6.80. The van der Waals surface area contributed by atoms with Crippen LogP contribution in [0.3, 0.4) is 0 Å². The zero-order chi connectivity index (χ0) is 19.6. The number of rotatable bonds is 5. The van der Waals surface area contributed by atoms with Gasteiger partial charge < -0.3 is 14.4 Å². The first-order chi connectivity index (χ1) is 12.9. The van der Waals surface area contributed by atoms with Gasteiger partial charge in [-0.1, -0.05) is 35.9 Å². The SMILES string of the molecule is Cc1ccc(OCC(=O)N=Nc2c(O)n(C(C)C)c3ccccc23)c(C)c1. The van der Waals surface area contributed by atoms with Gasteiger partial charge in [-0.05, 0) is 45.4 Å². The van der Waals surface area contributed by atoms with Gasteiger partial charge in [0, 0.05) is 11.4 Å². The lowest BCUT2D eigenvalue weighted by molar-refractivity contribution is -0.120. The van der Waals surface area contributed by atoms with Gasteiger partial charge in [-0.15, -0.1) is 10.2 Å². The number of aromatic nitrogens is 1. The number of para-hydroxylation sites is 1. The Morgan fingerprint density at radius 3 is 2.63 bits per heavy atom. The van der Waals surface area contributed by atoms with Crippen molar-refractivity contribution in [1.29, 1.82) is 0 Å². The molecule has 0 saturated heterocycles. The van der Waals surface area contributed by atoms with Gasteiger partial charge in [0.2, 0.25) is 5.88 Å². The predicted molar refractivity (Wildman–Crippen MR) is 105 cm³/mol. The molecule has 3 aromatic rings. The number of amides is 1. The molecule has 27 heavy (non-hydrogen) atoms. The van der Waals surface area contributed by atoms with Crippen molar-refractivity contribution in [3.05, 3.63) is 53.6 Å². The Morgan fingerprint density at radius 1 is 1.19 bits per heavy atom. The van der Waals surface area contributed by atoms with Crippen LogP contribution in [-0.4, -0.2) is 22.2 Å². The molecule has 0 unspecified atom stereocenters. The zero-order valence-electron chi connectivity index (χ0n) is 15.9. The van der Waals surface area contributed by atoms with Crippen LogP contribution < -0.4 is 4.74 Å². The van der Waals surface area contributed by atoms with E-state index in [4.69, 9.17) is 4.74 Å². The lowest BCUT2D eigenvalue weighted by Crippen LogP contribution is -2.08. The second-order valence-corrected chi connectivity index (χ2v) is 6.80. The van der Waals surface area contributed by atoms with Gasteiger partial charge in [0.15, 0.2) is 12.3 Å². The summed E-state index contributed by atoms with van der Waals surface area (Å²) in [6, 6.07) is 13.3. The Morgan fingerprint density at radius 2 is 1.93 bits per heavy atom. The first-order valence-electron chi connectivity index (χ1n) is 8.85. The fraction of sp³-hybridized carbons (Fsp3) is 0.286. The largest absolute Gasteiger partial charge is 0.493 e. The van der Waals surface area contributed by atoms with E-state index >= 15 is 0 Å². The minimum Gasteiger partial charge on any atom is -0.493 e. The summed E-state index contributed by atoms with van der Waals surface area (Å²) in [6.07, 6.45) is 0. The van der Waals surface area contributed by atoms with Crippen molar-refractivity contribution in [1.82, 2.24) is 4.57 Å². The maximum atomic E-state index is 12.1. The number of nitrogens with zero attached hydrogens (tertiary/aromatic N) is 3. The average Bonchev–Trinajstić information content (AvgIpc) is 2.90. The number of ether oxygens (including phenoxy) is 1. The fourth-order valence-corrected chi connectivity index (χ4v) is 3.09. The number of benzene rings is 2. The zero-order valence-corrected chi connectivity index (χ0v) is 15.9. The number of aryl methyl sites for hydroxylation is 2. The van der Waals surface area contributed by atoms with E-state index in [2.05, 4.69) is 10.2 Å². The van der Waals surface area contributed by atoms with Crippen molar-refractivity contribution in [3.63, 3.8) is 0 Å². The van der Waals surface area contributed by atoms with Crippen LogP contribution in [0.25, 0.3) is 10.9 Å². The predicted octanol–water partition coefficient (Wildman–Crippen LogP) is 5.23. The molecule has 6 heteroatoms. The monoisotopic (exact) mass is 365 g/mol. The number of fused-ring (bicyclic) bond motifs is 1. The lowest BCUT2D eigenvalue weighted by atomic mass is 10.1. The molecule has 3 rings (SSSR count). The topological polar surface area (TPSA) is 76.2 Å². The highest BCUT2D eigenvalue weighted by atomic mass is 16.5. The van der Waals surface area contributed by atoms with E-state index in [0.29, 0.717) is 11.4 Å². The van der Waals surface area contributed by atoms with Gasteiger partial charge in [0.1, 0.15) is 5.75 Å². The summed E-state index contributed by atoms with van der Waals surface area (Å²) in [5.41, 5.74) is 3.22. The minimum atomic E-state index is -0.518. The van der Waals surface area contributed by atoms with Crippen LogP contribution in [0, 0.1) is 13.8 Å². The third-order valence-corrected chi connectivity index (χ3v) is 4.32. The van der Waals surface area contributed by atoms with Crippen LogP contribution in [0.2, 0.25) is 0 Å². The second kappa shape index (κ2) is 7.61. The molecule has 0 spiro atoms. The first kappa shape index (κ1) is 18.6. The van der Waals surface area contributed by atoms with E-state index in [1.807, 2.05) is 70.2 Å². The minimum absolute atomic E-state index is 0.00181. The normalized spacial score (nSPS) is 11.6. The maximum Gasteiger partial charge on any atom is 0.302 e. The highest BCUT2D eigenvalue weighted by molar-refractivity contribution is 5.95. The van der Waals surface area contributed by atoms with Crippen molar-refractivity contribution >= 4 is 22.5 Å². The van der Waals surface area contributed by atoms with Crippen LogP contribution in [0.1, 0.15) is 31.0 Å². The summed E-state index contributed by atoms with van der Waals surface area (Å²) in [5.74, 6) is 0.122. The smallest absolute Gasteiger partial charge is 0.302 e. The highest BCUT2D eigenvalue weighted by Gasteiger charge is 2.18. The molecular formula is C21H23N3O3. The van der Waals surface area contributed by atoms with E-state index in [9.17, 15) is 9.90 Å². The molecule has 0 atom stereocenters. The molecular weight excluding hydrogens is 342 g/mol. The van der Waals surface area contributed by atoms with Crippen molar-refractivity contribution in [3.8, 4) is 11.6 Å². The summed E-state index contributed by atoms with van der Waals surface area (Å²) in [7, 11) is 0. The van der Waals surface area contributed by atoms with Crippen molar-refractivity contribution in [2.24, 2.45) is 10.2 Å². The summed E-state index contributed by atoms with van der Waals surface area (Å²) in [6.45, 7) is 7.65. The summed E-state index contributed by atoms with van der Waals surface area (Å²) in [4.78, 5) is 12.1. The average molecular weight is 365 g/mol. The van der Waals surface area contributed by atoms with E-state index < -0.39 is 5.91 Å². The van der Waals surface area contributed by atoms with Gasteiger partial charge in [0.05, 0.1) is 5.52 Å². The van der Waals surface area contributed by atoms with E-state index in [0.717, 1.165) is 22.0 Å². The van der Waals surface area contributed by atoms with E-state index in [1.54, 1.807) is 4.57 Å². The number of aromatic hydroxyl groups is 1. The fourth-order valence-electron chi connectivity index (χ4n) is 3.09. The molecule has 0 aliphatic heterocycles. The number of carbonyl (C=O) groups excluding carboxylic acids is 1. The maximum absolute atomic E-state index is 12.1. The van der Waals surface area contributed by atoms with Crippen LogP contribution in [-0.2, 0) is 4.79 Å². The molecule has 0 bridgehead atoms. The molecule has 1 heterocycles. The third kappa shape index (κ3) is 3.84. The quantitative estimate of drug-likeness (QED) is 0.629. The lowest BCUT2D eigenvalue weighted by Gasteiger charge is -2.10. The molecule has 1 N–H and O–H groups in total. The summed E-state index contributed by atoms with van der Waals surface area (Å²) in [5, 5.41) is 19.0. The summed E-state index contributed by atoms with van der Waals surface area (Å²) < 4.78 is 7.30. The molecule has 2 aromatic carbocycles. The highest BCUT2D eigenvalue weighted by Crippen LogP contribution is 2.40. The van der Waals surface area contributed by atoms with Crippen molar-refractivity contribution in [2.75, 3.05) is 6.61 Å². The van der Waals surface area contributed by atoms with Crippen molar-refractivity contribution in [2.45, 2.75) is 33.7 Å². The third-order valence-electron chi connectivity index (χ3n) is 4.32. The molecule has 1 aromatic heterocycles. The van der Waals surface area contributed by atoms with Crippen LogP contribution in [0.5, 0.6) is 11.6 Å². The standard InChI is InChI=1S/C21H23N3O3/c1-13(2)24-17-8-6-5-7-16(17)20(21(24)26)23-22-19(25)12-27-18-10-9-14(3)11-15(18)4/h5-11,13,26H,12H2,1-4H3. The number of hydrogen-bond donors (Lipinski definition) is 1. The molecule has 0 aliphatic carbocycles. The molecule has 0 saturated carbocycles. The van der Waals surface area contributed by atoms with Gasteiger partial charge >= 0.3 is 5.91 Å². The van der Waals surface area contributed by atoms with Crippen LogP contribution in [0.15, 0.2) is 52.7 Å². The van der Waals surface area contributed by atoms with E-state index in [-0.39, 0.29) is 18.5 Å². The van der Waals surface area contributed by atoms with Crippen molar-refractivity contribution < 1.29 is 14.6 Å². The van der Waals surface area contributed by atoms with E-state index in [1.165, 1.54) is 0 Å². The van der Waals surface area contributed by atoms with Gasteiger partial charge in [0.25, 0.3) is 0 Å². The number of azo groups is 1. The molecule has 0 radical (unpaired) electrons.